The Hall–Kier alpha value is -2.29. The molecule has 0 radical (unpaired) electrons. The van der Waals surface area contributed by atoms with Crippen molar-refractivity contribution in [2.24, 2.45) is 0 Å². The fraction of sp³-hybridized carbons (Fsp3) is 0.522. The third kappa shape index (κ3) is 3.47. The summed E-state index contributed by atoms with van der Waals surface area (Å²) in [6.45, 7) is 9.05. The molecule has 4 heterocycles. The molecule has 2 aromatic heterocycles. The molecule has 0 aliphatic carbocycles. The Morgan fingerprint density at radius 1 is 1.16 bits per heavy atom. The molecule has 0 saturated carbocycles. The standard InChI is InChI=1S/C23H30BN3O4/c1-22(2)23(3,4)31-24(30-22)21-20(17-12-16(28-5)9-10-18(17)26-21)15-13-25-27(14-15)19-8-6-7-11-29-19/h9-10,12-14,19,26H,6-8,11H2,1-5H3. The molecule has 2 aliphatic heterocycles. The van der Waals surface area contributed by atoms with E-state index < -0.39 is 18.3 Å². The highest BCUT2D eigenvalue weighted by Gasteiger charge is 2.53. The second-order valence-corrected chi connectivity index (χ2v) is 9.44. The van der Waals surface area contributed by atoms with Gasteiger partial charge in [0.2, 0.25) is 0 Å². The van der Waals surface area contributed by atoms with Gasteiger partial charge >= 0.3 is 7.12 Å². The highest BCUT2D eigenvalue weighted by atomic mass is 16.7. The summed E-state index contributed by atoms with van der Waals surface area (Å²) >= 11 is 0. The van der Waals surface area contributed by atoms with Crippen LogP contribution in [0, 0.1) is 0 Å². The first-order chi connectivity index (χ1) is 14.8. The molecule has 3 aromatic rings. The zero-order valence-electron chi connectivity index (χ0n) is 18.9. The van der Waals surface area contributed by atoms with E-state index in [4.69, 9.17) is 18.8 Å². The predicted octanol–water partition coefficient (Wildman–Crippen LogP) is 4.04. The van der Waals surface area contributed by atoms with Crippen LogP contribution < -0.4 is 10.3 Å². The lowest BCUT2D eigenvalue weighted by Crippen LogP contribution is -2.41. The first-order valence-electron chi connectivity index (χ1n) is 11.0. The molecule has 5 rings (SSSR count). The van der Waals surface area contributed by atoms with Crippen molar-refractivity contribution in [1.82, 2.24) is 14.8 Å². The highest BCUT2D eigenvalue weighted by molar-refractivity contribution is 6.64. The van der Waals surface area contributed by atoms with Crippen molar-refractivity contribution in [1.29, 1.82) is 0 Å². The summed E-state index contributed by atoms with van der Waals surface area (Å²) in [5, 5.41) is 5.68. The van der Waals surface area contributed by atoms with Gasteiger partial charge in [0.25, 0.3) is 0 Å². The number of hydrogen-bond acceptors (Lipinski definition) is 5. The van der Waals surface area contributed by atoms with Crippen LogP contribution in [0.1, 0.15) is 53.2 Å². The maximum atomic E-state index is 6.38. The molecular formula is C23H30BN3O4. The van der Waals surface area contributed by atoms with Gasteiger partial charge in [-0.25, -0.2) is 4.68 Å². The number of nitrogens with zero attached hydrogens (tertiary/aromatic N) is 2. The van der Waals surface area contributed by atoms with E-state index in [1.54, 1.807) is 7.11 Å². The van der Waals surface area contributed by atoms with Crippen molar-refractivity contribution in [3.05, 3.63) is 30.6 Å². The Labute approximate surface area is 183 Å². The average Bonchev–Trinajstić information content (AvgIpc) is 3.42. The van der Waals surface area contributed by atoms with E-state index in [1.165, 1.54) is 0 Å². The zero-order valence-corrected chi connectivity index (χ0v) is 18.9. The topological polar surface area (TPSA) is 70.5 Å². The third-order valence-electron chi connectivity index (χ3n) is 6.86. The summed E-state index contributed by atoms with van der Waals surface area (Å²) in [4.78, 5) is 3.55. The number of fused-ring (bicyclic) bond motifs is 1. The SMILES string of the molecule is COc1ccc2[nH]c(B3OC(C)(C)C(C)(C)O3)c(-c3cnn(C4CCCCO4)c3)c2c1. The maximum absolute atomic E-state index is 6.38. The van der Waals surface area contributed by atoms with Crippen LogP contribution in [0.3, 0.4) is 0 Å². The Kier molecular flexibility index (Phi) is 4.92. The number of H-pyrrole nitrogens is 1. The summed E-state index contributed by atoms with van der Waals surface area (Å²) in [6, 6.07) is 6.03. The number of benzene rings is 1. The number of nitrogens with one attached hydrogen (secondary N) is 1. The van der Waals surface area contributed by atoms with Gasteiger partial charge in [-0.05, 0) is 65.2 Å². The van der Waals surface area contributed by atoms with Gasteiger partial charge in [0, 0.05) is 34.8 Å². The third-order valence-corrected chi connectivity index (χ3v) is 6.86. The van der Waals surface area contributed by atoms with E-state index in [-0.39, 0.29) is 6.23 Å². The van der Waals surface area contributed by atoms with Crippen LogP contribution in [0.25, 0.3) is 22.0 Å². The molecule has 2 saturated heterocycles. The number of rotatable bonds is 4. The van der Waals surface area contributed by atoms with Crippen molar-refractivity contribution in [3.63, 3.8) is 0 Å². The summed E-state index contributed by atoms with van der Waals surface area (Å²) in [7, 11) is 1.17. The average molecular weight is 423 g/mol. The van der Waals surface area contributed by atoms with Gasteiger partial charge in [0.15, 0.2) is 0 Å². The van der Waals surface area contributed by atoms with E-state index in [2.05, 4.69) is 44.0 Å². The van der Waals surface area contributed by atoms with E-state index >= 15 is 0 Å². The monoisotopic (exact) mass is 423 g/mol. The maximum Gasteiger partial charge on any atom is 0.512 e. The Morgan fingerprint density at radius 2 is 1.94 bits per heavy atom. The predicted molar refractivity (Wildman–Crippen MR) is 121 cm³/mol. The number of hydrogen-bond donors (Lipinski definition) is 1. The van der Waals surface area contributed by atoms with Crippen molar-refractivity contribution in [3.8, 4) is 16.9 Å². The van der Waals surface area contributed by atoms with E-state index in [9.17, 15) is 0 Å². The van der Waals surface area contributed by atoms with Crippen molar-refractivity contribution in [2.75, 3.05) is 13.7 Å². The fourth-order valence-electron chi connectivity index (χ4n) is 4.32. The summed E-state index contributed by atoms with van der Waals surface area (Å²) < 4.78 is 26.1. The molecule has 2 fully saturated rings. The zero-order chi connectivity index (χ0) is 21.8. The van der Waals surface area contributed by atoms with Gasteiger partial charge in [-0.1, -0.05) is 0 Å². The van der Waals surface area contributed by atoms with Crippen LogP contribution in [0.4, 0.5) is 0 Å². The van der Waals surface area contributed by atoms with E-state index in [0.29, 0.717) is 0 Å². The number of aromatic nitrogens is 3. The molecule has 0 spiro atoms. The van der Waals surface area contributed by atoms with Crippen LogP contribution >= 0.6 is 0 Å². The van der Waals surface area contributed by atoms with Gasteiger partial charge in [0.05, 0.1) is 30.1 Å². The quantitative estimate of drug-likeness (QED) is 0.642. The number of aromatic amines is 1. The minimum absolute atomic E-state index is 0.0115. The van der Waals surface area contributed by atoms with Crippen molar-refractivity contribution < 1.29 is 18.8 Å². The fourth-order valence-corrected chi connectivity index (χ4v) is 4.32. The second kappa shape index (κ2) is 7.40. The Balaban J connectivity index is 1.62. The van der Waals surface area contributed by atoms with Gasteiger partial charge in [-0.2, -0.15) is 5.10 Å². The minimum Gasteiger partial charge on any atom is -0.497 e. The lowest BCUT2D eigenvalue weighted by Gasteiger charge is -2.32. The van der Waals surface area contributed by atoms with Gasteiger partial charge in [-0.15, -0.1) is 0 Å². The van der Waals surface area contributed by atoms with Crippen LogP contribution in [0.5, 0.6) is 5.75 Å². The molecule has 1 N–H and O–H groups in total. The van der Waals surface area contributed by atoms with Gasteiger partial charge in [0.1, 0.15) is 12.0 Å². The van der Waals surface area contributed by atoms with E-state index in [0.717, 1.165) is 59.2 Å². The van der Waals surface area contributed by atoms with Crippen molar-refractivity contribution >= 4 is 23.6 Å². The molecule has 1 atom stereocenters. The normalized spacial score (nSPS) is 22.9. The van der Waals surface area contributed by atoms with Gasteiger partial charge < -0.3 is 23.8 Å². The largest absolute Gasteiger partial charge is 0.512 e. The van der Waals surface area contributed by atoms with Crippen LogP contribution in [0.2, 0.25) is 0 Å². The lowest BCUT2D eigenvalue weighted by molar-refractivity contribution is -0.0394. The molecule has 31 heavy (non-hydrogen) atoms. The van der Waals surface area contributed by atoms with Crippen molar-refractivity contribution in [2.45, 2.75) is 64.4 Å². The molecule has 2 aliphatic rings. The first-order valence-corrected chi connectivity index (χ1v) is 11.0. The van der Waals surface area contributed by atoms with Crippen LogP contribution in [0.15, 0.2) is 30.6 Å². The number of ether oxygens (including phenoxy) is 2. The van der Waals surface area contributed by atoms with Crippen LogP contribution in [-0.4, -0.2) is 46.8 Å². The molecule has 7 nitrogen and oxygen atoms in total. The molecular weight excluding hydrogens is 393 g/mol. The summed E-state index contributed by atoms with van der Waals surface area (Å²) in [5.74, 6) is 0.802. The van der Waals surface area contributed by atoms with E-state index in [1.807, 2.05) is 29.1 Å². The Morgan fingerprint density at radius 3 is 2.61 bits per heavy atom. The highest BCUT2D eigenvalue weighted by Crippen LogP contribution is 2.39. The summed E-state index contributed by atoms with van der Waals surface area (Å²) in [5.41, 5.74) is 3.06. The Bertz CT molecular complexity index is 1080. The van der Waals surface area contributed by atoms with Crippen LogP contribution in [-0.2, 0) is 14.0 Å². The molecule has 164 valence electrons. The van der Waals surface area contributed by atoms with Gasteiger partial charge in [-0.3, -0.25) is 0 Å². The minimum atomic E-state index is -0.507. The molecule has 0 amide bonds. The number of methoxy groups -OCH3 is 1. The lowest BCUT2D eigenvalue weighted by atomic mass is 9.80. The second-order valence-electron chi connectivity index (χ2n) is 9.44. The molecule has 1 aromatic carbocycles. The molecule has 1 unspecified atom stereocenters. The molecule has 8 heteroatoms. The summed E-state index contributed by atoms with van der Waals surface area (Å²) in [6.07, 6.45) is 7.19. The smallest absolute Gasteiger partial charge is 0.497 e. The molecule has 0 bridgehead atoms. The first kappa shape index (κ1) is 20.6.